The Morgan fingerprint density at radius 2 is 0.933 bits per heavy atom. The number of hydrogen-bond donors (Lipinski definition) is 0. The molecule has 3 aromatic rings. The van der Waals surface area contributed by atoms with Crippen molar-refractivity contribution in [3.05, 3.63) is 52.4 Å². The molecule has 0 N–H and O–H groups in total. The molecule has 8 nitrogen and oxygen atoms in total. The fourth-order valence-electron chi connectivity index (χ4n) is 3.82. The summed E-state index contributed by atoms with van der Waals surface area (Å²) < 4.78 is 6.25. The molecule has 3 heterocycles. The summed E-state index contributed by atoms with van der Waals surface area (Å²) in [5.41, 5.74) is 6.74. The Morgan fingerprint density at radius 3 is 1.23 bits per heavy atom. The van der Waals surface area contributed by atoms with Crippen molar-refractivity contribution in [2.24, 2.45) is 0 Å². The van der Waals surface area contributed by atoms with E-state index in [-0.39, 0.29) is 0 Å². The van der Waals surface area contributed by atoms with Crippen molar-refractivity contribution in [1.82, 2.24) is 39.1 Å². The minimum atomic E-state index is 0.746. The van der Waals surface area contributed by atoms with Gasteiger partial charge in [0.25, 0.3) is 0 Å². The van der Waals surface area contributed by atoms with Crippen LogP contribution in [0.4, 0.5) is 0 Å². The molecule has 0 aliphatic rings. The first-order valence-electron chi connectivity index (χ1n) is 10.7. The molecule has 0 radical (unpaired) electrons. The van der Waals surface area contributed by atoms with Crippen LogP contribution in [0.25, 0.3) is 0 Å². The molecule has 0 fully saturated rings. The molecule has 3 aromatic heterocycles. The Bertz CT molecular complexity index is 916. The summed E-state index contributed by atoms with van der Waals surface area (Å²) in [7, 11) is 0. The number of rotatable bonds is 10. The zero-order chi connectivity index (χ0) is 21.8. The minimum absolute atomic E-state index is 0.746. The molecule has 0 saturated heterocycles. The van der Waals surface area contributed by atoms with Crippen LogP contribution in [-0.2, 0) is 20.0 Å². The number of hydrogen-bond acceptors (Lipinski definition) is 5. The van der Waals surface area contributed by atoms with Crippen LogP contribution >= 0.6 is 0 Å². The molecule has 0 unspecified atom stereocenters. The van der Waals surface area contributed by atoms with E-state index in [1.165, 1.54) is 17.1 Å². The zero-order valence-electron chi connectivity index (χ0n) is 19.6. The Labute approximate surface area is 180 Å². The fourth-order valence-corrected chi connectivity index (χ4v) is 3.82. The number of aromatic nitrogens is 6. The molecule has 0 spiro atoms. The molecular formula is C22H36N8. The Kier molecular flexibility index (Phi) is 7.10. The van der Waals surface area contributed by atoms with Gasteiger partial charge < -0.3 is 0 Å². The van der Waals surface area contributed by atoms with E-state index >= 15 is 0 Å². The van der Waals surface area contributed by atoms with Crippen molar-refractivity contribution >= 4 is 0 Å². The van der Waals surface area contributed by atoms with Crippen LogP contribution in [0.15, 0.2) is 18.2 Å². The smallest absolute Gasteiger partial charge is 0.0946 e. The molecule has 164 valence electrons. The minimum Gasteiger partial charge on any atom is -0.283 e. The van der Waals surface area contributed by atoms with Gasteiger partial charge in [0.05, 0.1) is 37.1 Å². The third kappa shape index (κ3) is 5.58. The lowest BCUT2D eigenvalue weighted by Gasteiger charge is -2.28. The highest BCUT2D eigenvalue weighted by Gasteiger charge is 2.14. The molecule has 0 aliphatic carbocycles. The summed E-state index contributed by atoms with van der Waals surface area (Å²) in [5.74, 6) is 0. The van der Waals surface area contributed by atoms with Crippen LogP contribution in [0, 0.1) is 41.5 Å². The third-order valence-corrected chi connectivity index (χ3v) is 5.49. The third-order valence-electron chi connectivity index (χ3n) is 5.49. The van der Waals surface area contributed by atoms with Crippen molar-refractivity contribution in [2.45, 2.75) is 68.5 Å². The molecule has 0 aliphatic heterocycles. The number of nitrogens with zero attached hydrogens (tertiary/aromatic N) is 8. The molecule has 0 atom stereocenters. The number of likely N-dealkylation sites (N-methyl/N-ethyl adjacent to an activating group) is 1. The van der Waals surface area contributed by atoms with Crippen molar-refractivity contribution in [2.75, 3.05) is 19.6 Å². The van der Waals surface area contributed by atoms with Crippen molar-refractivity contribution in [1.29, 1.82) is 0 Å². The fraction of sp³-hybridized carbons (Fsp3) is 0.591. The van der Waals surface area contributed by atoms with E-state index < -0.39 is 0 Å². The standard InChI is InChI=1S/C22H36N8/c1-8-26(14-28-20(5)11-17(2)23-28)9-10-27(15-29-21(6)12-18(3)24-29)16-30-22(7)13-19(4)25-30/h11-13H,8-10,14-16H2,1-7H3. The Balaban J connectivity index is 1.70. The molecular weight excluding hydrogens is 376 g/mol. The highest BCUT2D eigenvalue weighted by molar-refractivity contribution is 5.08. The van der Waals surface area contributed by atoms with Gasteiger partial charge >= 0.3 is 0 Å². The second-order valence-electron chi connectivity index (χ2n) is 8.31. The van der Waals surface area contributed by atoms with E-state index in [0.29, 0.717) is 0 Å². The lowest BCUT2D eigenvalue weighted by Crippen LogP contribution is -2.39. The largest absolute Gasteiger partial charge is 0.283 e. The van der Waals surface area contributed by atoms with Crippen LogP contribution in [0.3, 0.4) is 0 Å². The lowest BCUT2D eigenvalue weighted by molar-refractivity contribution is 0.114. The first kappa shape index (κ1) is 22.2. The van der Waals surface area contributed by atoms with Gasteiger partial charge in [-0.15, -0.1) is 0 Å². The monoisotopic (exact) mass is 412 g/mol. The van der Waals surface area contributed by atoms with Crippen LogP contribution in [0.5, 0.6) is 0 Å². The first-order valence-corrected chi connectivity index (χ1v) is 10.7. The molecule has 0 amide bonds. The highest BCUT2D eigenvalue weighted by atomic mass is 15.5. The average molecular weight is 413 g/mol. The maximum Gasteiger partial charge on any atom is 0.0946 e. The van der Waals surface area contributed by atoms with Crippen molar-refractivity contribution < 1.29 is 0 Å². The summed E-state index contributed by atoms with van der Waals surface area (Å²) in [5, 5.41) is 14.0. The summed E-state index contributed by atoms with van der Waals surface area (Å²) in [6.07, 6.45) is 0. The molecule has 30 heavy (non-hydrogen) atoms. The quantitative estimate of drug-likeness (QED) is 0.512. The van der Waals surface area contributed by atoms with E-state index in [1.807, 2.05) is 20.8 Å². The lowest BCUT2D eigenvalue weighted by atomic mass is 10.4. The highest BCUT2D eigenvalue weighted by Crippen LogP contribution is 2.09. The molecule has 0 saturated carbocycles. The molecule has 0 bridgehead atoms. The van der Waals surface area contributed by atoms with Gasteiger partial charge in [0.2, 0.25) is 0 Å². The van der Waals surface area contributed by atoms with E-state index in [2.05, 4.69) is 85.0 Å². The van der Waals surface area contributed by atoms with Gasteiger partial charge in [-0.3, -0.25) is 23.8 Å². The zero-order valence-corrected chi connectivity index (χ0v) is 19.6. The summed E-state index contributed by atoms with van der Waals surface area (Å²) >= 11 is 0. The maximum absolute atomic E-state index is 4.67. The topological polar surface area (TPSA) is 59.9 Å². The van der Waals surface area contributed by atoms with Crippen LogP contribution in [-0.4, -0.2) is 58.8 Å². The van der Waals surface area contributed by atoms with Crippen LogP contribution in [0.1, 0.15) is 41.1 Å². The van der Waals surface area contributed by atoms with Crippen molar-refractivity contribution in [3.63, 3.8) is 0 Å². The molecule has 0 aromatic carbocycles. The molecule has 8 heteroatoms. The number of aryl methyl sites for hydroxylation is 6. The van der Waals surface area contributed by atoms with Crippen LogP contribution < -0.4 is 0 Å². The van der Waals surface area contributed by atoms with Gasteiger partial charge in [-0.1, -0.05) is 6.92 Å². The van der Waals surface area contributed by atoms with E-state index in [4.69, 9.17) is 0 Å². The Morgan fingerprint density at radius 1 is 0.600 bits per heavy atom. The van der Waals surface area contributed by atoms with Crippen LogP contribution in [0.2, 0.25) is 0 Å². The Hall–Kier alpha value is -2.45. The normalized spacial score (nSPS) is 11.9. The second kappa shape index (κ2) is 9.57. The first-order chi connectivity index (χ1) is 14.2. The second-order valence-corrected chi connectivity index (χ2v) is 8.31. The van der Waals surface area contributed by atoms with Gasteiger partial charge in [-0.05, 0) is 66.3 Å². The average Bonchev–Trinajstić information content (AvgIpc) is 3.27. The predicted octanol–water partition coefficient (Wildman–Crippen LogP) is 3.02. The van der Waals surface area contributed by atoms with E-state index in [1.54, 1.807) is 0 Å². The summed E-state index contributed by atoms with van der Waals surface area (Å²) in [6, 6.07) is 6.39. The summed E-state index contributed by atoms with van der Waals surface area (Å²) in [6.45, 7) is 19.8. The van der Waals surface area contributed by atoms with Gasteiger partial charge in [0, 0.05) is 30.2 Å². The van der Waals surface area contributed by atoms with Crippen molar-refractivity contribution in [3.8, 4) is 0 Å². The van der Waals surface area contributed by atoms with Gasteiger partial charge in [0.15, 0.2) is 0 Å². The van der Waals surface area contributed by atoms with Gasteiger partial charge in [-0.25, -0.2) is 0 Å². The maximum atomic E-state index is 4.67. The van der Waals surface area contributed by atoms with E-state index in [0.717, 1.165) is 56.7 Å². The summed E-state index contributed by atoms with van der Waals surface area (Å²) in [4.78, 5) is 4.83. The van der Waals surface area contributed by atoms with E-state index in [9.17, 15) is 0 Å². The predicted molar refractivity (Wildman–Crippen MR) is 119 cm³/mol. The SMILES string of the molecule is CCN(CCN(Cn1nc(C)cc1C)Cn1nc(C)cc1C)Cn1nc(C)cc1C. The van der Waals surface area contributed by atoms with Gasteiger partial charge in [-0.2, -0.15) is 15.3 Å². The molecule has 3 rings (SSSR count). The van der Waals surface area contributed by atoms with Gasteiger partial charge in [0.1, 0.15) is 0 Å².